The number of hydrogen-bond acceptors (Lipinski definition) is 2. The van der Waals surface area contributed by atoms with Crippen LogP contribution in [0.3, 0.4) is 0 Å². The van der Waals surface area contributed by atoms with Crippen LogP contribution in [-0.2, 0) is 9.59 Å². The van der Waals surface area contributed by atoms with Crippen LogP contribution in [0, 0.1) is 0 Å². The summed E-state index contributed by atoms with van der Waals surface area (Å²) in [5.74, 6) is 0. The van der Waals surface area contributed by atoms with E-state index in [-0.39, 0.29) is 0 Å². The summed E-state index contributed by atoms with van der Waals surface area (Å²) in [6.07, 6.45) is 16.4. The Bertz CT molecular complexity index is 343. The first-order valence-corrected chi connectivity index (χ1v) is 4.67. The van der Waals surface area contributed by atoms with Gasteiger partial charge in [-0.1, -0.05) is 36.5 Å². The van der Waals surface area contributed by atoms with Gasteiger partial charge in [-0.2, -0.15) is 0 Å². The fourth-order valence-corrected chi connectivity index (χ4v) is 1.27. The minimum atomic E-state index is 0.724. The van der Waals surface area contributed by atoms with Gasteiger partial charge in [0.2, 0.25) is 0 Å². The smallest absolute Gasteiger partial charge is 0.142 e. The molecule has 0 aromatic carbocycles. The first-order chi connectivity index (χ1) is 7.36. The minimum absolute atomic E-state index is 0.724. The zero-order valence-corrected chi connectivity index (χ0v) is 8.30. The van der Waals surface area contributed by atoms with Crippen LogP contribution in [0.2, 0.25) is 0 Å². The van der Waals surface area contributed by atoms with E-state index in [9.17, 15) is 9.59 Å². The molecule has 1 aliphatic rings. The Morgan fingerprint density at radius 1 is 0.867 bits per heavy atom. The molecule has 1 aliphatic carbocycles. The fourth-order valence-electron chi connectivity index (χ4n) is 1.27. The average Bonchev–Trinajstić information content (AvgIpc) is 2.48. The van der Waals surface area contributed by atoms with Crippen LogP contribution in [-0.4, -0.2) is 12.6 Å². The van der Waals surface area contributed by atoms with E-state index >= 15 is 0 Å². The third-order valence-corrected chi connectivity index (χ3v) is 1.92. The Morgan fingerprint density at radius 2 is 1.33 bits per heavy atom. The second-order valence-corrected chi connectivity index (χ2v) is 3.04. The summed E-state index contributed by atoms with van der Waals surface area (Å²) in [7, 11) is 0. The van der Waals surface area contributed by atoms with E-state index in [1.165, 1.54) is 12.2 Å². The molecule has 76 valence electrons. The van der Waals surface area contributed by atoms with Gasteiger partial charge in [0.15, 0.2) is 0 Å². The van der Waals surface area contributed by atoms with Crippen LogP contribution in [0.25, 0.3) is 0 Å². The van der Waals surface area contributed by atoms with E-state index in [2.05, 4.69) is 0 Å². The predicted octanol–water partition coefficient (Wildman–Crippen LogP) is 2.31. The van der Waals surface area contributed by atoms with E-state index in [1.54, 1.807) is 12.2 Å². The molecule has 0 spiro atoms. The molecule has 0 bridgehead atoms. The van der Waals surface area contributed by atoms with Crippen LogP contribution in [0.1, 0.15) is 6.42 Å². The van der Waals surface area contributed by atoms with Gasteiger partial charge in [-0.25, -0.2) is 0 Å². The summed E-state index contributed by atoms with van der Waals surface area (Å²) < 4.78 is 0. The Hall–Kier alpha value is -1.96. The lowest BCUT2D eigenvalue weighted by Crippen LogP contribution is -1.82. The topological polar surface area (TPSA) is 34.1 Å². The largest absolute Gasteiger partial charge is 0.299 e. The van der Waals surface area contributed by atoms with Gasteiger partial charge in [0.25, 0.3) is 0 Å². The maximum absolute atomic E-state index is 10.2. The van der Waals surface area contributed by atoms with Crippen molar-refractivity contribution in [2.75, 3.05) is 0 Å². The fraction of sp³-hybridized carbons (Fsp3) is 0.0769. The molecule has 15 heavy (non-hydrogen) atoms. The molecule has 0 amide bonds. The van der Waals surface area contributed by atoms with Crippen molar-refractivity contribution in [3.63, 3.8) is 0 Å². The van der Waals surface area contributed by atoms with E-state index in [4.69, 9.17) is 0 Å². The Morgan fingerprint density at radius 3 is 1.73 bits per heavy atom. The average molecular weight is 200 g/mol. The lowest BCUT2D eigenvalue weighted by atomic mass is 10.1. The highest BCUT2D eigenvalue weighted by molar-refractivity contribution is 5.67. The van der Waals surface area contributed by atoms with Gasteiger partial charge in [-0.15, -0.1) is 0 Å². The van der Waals surface area contributed by atoms with Crippen LogP contribution < -0.4 is 0 Å². The van der Waals surface area contributed by atoms with E-state index in [0.717, 1.165) is 30.1 Å². The molecule has 0 unspecified atom stereocenters. The molecule has 0 radical (unpaired) electrons. The number of allylic oxidation sites excluding steroid dienone is 10. The summed E-state index contributed by atoms with van der Waals surface area (Å²) in [4.78, 5) is 20.4. The molecule has 0 saturated carbocycles. The molecule has 0 atom stereocenters. The zero-order valence-electron chi connectivity index (χ0n) is 8.30. The van der Waals surface area contributed by atoms with Gasteiger partial charge >= 0.3 is 0 Å². The second kappa shape index (κ2) is 6.49. The normalized spacial score (nSPS) is 16.3. The minimum Gasteiger partial charge on any atom is -0.299 e. The Labute approximate surface area is 89.0 Å². The van der Waals surface area contributed by atoms with Crippen molar-refractivity contribution in [3.8, 4) is 0 Å². The molecular formula is C13H12O2. The monoisotopic (exact) mass is 200 g/mol. The van der Waals surface area contributed by atoms with Crippen molar-refractivity contribution in [3.05, 3.63) is 59.8 Å². The third-order valence-electron chi connectivity index (χ3n) is 1.92. The summed E-state index contributed by atoms with van der Waals surface area (Å²) in [6, 6.07) is 0. The first kappa shape index (κ1) is 11.1. The quantitative estimate of drug-likeness (QED) is 0.515. The molecule has 0 aromatic heterocycles. The molecule has 1 rings (SSSR count). The van der Waals surface area contributed by atoms with Crippen molar-refractivity contribution in [1.29, 1.82) is 0 Å². The molecule has 2 nitrogen and oxygen atoms in total. The van der Waals surface area contributed by atoms with Crippen molar-refractivity contribution in [2.24, 2.45) is 0 Å². The van der Waals surface area contributed by atoms with Gasteiger partial charge in [0.05, 0.1) is 0 Å². The van der Waals surface area contributed by atoms with E-state index in [1.807, 2.05) is 24.3 Å². The summed E-state index contributed by atoms with van der Waals surface area (Å²) in [5.41, 5.74) is 2.08. The molecule has 0 heterocycles. The van der Waals surface area contributed by atoms with Crippen LogP contribution in [0.15, 0.2) is 59.8 Å². The third kappa shape index (κ3) is 4.18. The molecule has 0 aromatic rings. The molecule has 2 heteroatoms. The van der Waals surface area contributed by atoms with Gasteiger partial charge in [0.1, 0.15) is 12.6 Å². The van der Waals surface area contributed by atoms with Gasteiger partial charge < -0.3 is 0 Å². The van der Waals surface area contributed by atoms with E-state index < -0.39 is 0 Å². The Balaban J connectivity index is 2.76. The highest BCUT2D eigenvalue weighted by Gasteiger charge is 1.98. The van der Waals surface area contributed by atoms with Crippen LogP contribution in [0.4, 0.5) is 0 Å². The van der Waals surface area contributed by atoms with Crippen molar-refractivity contribution in [1.82, 2.24) is 0 Å². The molecule has 0 aliphatic heterocycles. The van der Waals surface area contributed by atoms with Gasteiger partial charge in [0, 0.05) is 0 Å². The standard InChI is InChI=1S/C13H12O2/c14-9-3-7-12-5-1-2-6-13(11-12)8-4-10-15/h1-10H,11H2/b7-3+,8-4+. The highest BCUT2D eigenvalue weighted by Crippen LogP contribution is 2.16. The molecule has 0 N–H and O–H groups in total. The van der Waals surface area contributed by atoms with Gasteiger partial charge in [-0.3, -0.25) is 9.59 Å². The SMILES string of the molecule is O=C/C=C/C1=CC=CC=C(/C=C/C=O)C1. The van der Waals surface area contributed by atoms with Crippen molar-refractivity contribution in [2.45, 2.75) is 6.42 Å². The predicted molar refractivity (Wildman–Crippen MR) is 60.3 cm³/mol. The molecular weight excluding hydrogens is 188 g/mol. The van der Waals surface area contributed by atoms with Crippen molar-refractivity contribution < 1.29 is 9.59 Å². The summed E-state index contributed by atoms with van der Waals surface area (Å²) >= 11 is 0. The number of hydrogen-bond donors (Lipinski definition) is 0. The summed E-state index contributed by atoms with van der Waals surface area (Å²) in [5, 5.41) is 0. The first-order valence-electron chi connectivity index (χ1n) is 4.67. The van der Waals surface area contributed by atoms with E-state index in [0.29, 0.717) is 0 Å². The number of rotatable bonds is 4. The summed E-state index contributed by atoms with van der Waals surface area (Å²) in [6.45, 7) is 0. The lowest BCUT2D eigenvalue weighted by Gasteiger charge is -1.99. The van der Waals surface area contributed by atoms with Gasteiger partial charge in [-0.05, 0) is 29.7 Å². The zero-order chi connectivity index (χ0) is 10.9. The maximum atomic E-state index is 10.2. The number of carbonyl (C=O) groups excluding carboxylic acids is 2. The highest BCUT2D eigenvalue weighted by atomic mass is 16.1. The lowest BCUT2D eigenvalue weighted by molar-refractivity contribution is -0.104. The van der Waals surface area contributed by atoms with Crippen LogP contribution >= 0.6 is 0 Å². The molecule has 0 saturated heterocycles. The number of carbonyl (C=O) groups is 2. The van der Waals surface area contributed by atoms with Crippen molar-refractivity contribution >= 4 is 12.6 Å². The maximum Gasteiger partial charge on any atom is 0.142 e. The molecule has 0 fully saturated rings. The second-order valence-electron chi connectivity index (χ2n) is 3.04. The van der Waals surface area contributed by atoms with Crippen LogP contribution in [0.5, 0.6) is 0 Å². The number of aldehydes is 2. The Kier molecular flexibility index (Phi) is 4.81.